The molecule has 11 heteroatoms. The van der Waals surface area contributed by atoms with Crippen molar-refractivity contribution in [2.75, 3.05) is 0 Å². The van der Waals surface area contributed by atoms with Crippen molar-refractivity contribution in [1.29, 1.82) is 0 Å². The molecule has 24 heavy (non-hydrogen) atoms. The zero-order chi connectivity index (χ0) is 18.1. The first-order valence-electron chi connectivity index (χ1n) is 6.06. The van der Waals surface area contributed by atoms with Gasteiger partial charge in [-0.25, -0.2) is 18.2 Å². The minimum atomic E-state index is -5.25. The predicted octanol–water partition coefficient (Wildman–Crippen LogP) is 4.84. The fourth-order valence-corrected chi connectivity index (χ4v) is 1.80. The van der Waals surface area contributed by atoms with Crippen LogP contribution in [0.2, 0.25) is 0 Å². The number of hydrogen-bond acceptors (Lipinski definition) is 3. The van der Waals surface area contributed by atoms with Gasteiger partial charge in [0.15, 0.2) is 5.69 Å². The molecule has 3 nitrogen and oxygen atoms in total. The summed E-state index contributed by atoms with van der Waals surface area (Å²) in [5.41, 5.74) is -4.72. The van der Waals surface area contributed by atoms with Gasteiger partial charge in [0.1, 0.15) is 17.3 Å². The third-order valence-electron chi connectivity index (χ3n) is 2.71. The van der Waals surface area contributed by atoms with E-state index in [0.717, 1.165) is 12.1 Å². The van der Waals surface area contributed by atoms with Crippen molar-refractivity contribution in [3.8, 4) is 17.0 Å². The second kappa shape index (κ2) is 6.57. The van der Waals surface area contributed by atoms with E-state index >= 15 is 0 Å². The molecule has 1 aromatic carbocycles. The standard InChI is InChI=1S/C13H6F8N2O/c14-5-1-2-6(8(3-5)24-12(17)18)7-4-22-9(11(15)16)10(23-7)13(19,20)21/h1-4,11-12H. The van der Waals surface area contributed by atoms with Crippen LogP contribution in [0.4, 0.5) is 35.1 Å². The van der Waals surface area contributed by atoms with Crippen LogP contribution in [0.1, 0.15) is 17.8 Å². The number of nitrogens with zero attached hydrogens (tertiary/aromatic N) is 2. The van der Waals surface area contributed by atoms with Gasteiger partial charge in [0.2, 0.25) is 0 Å². The van der Waals surface area contributed by atoms with Crippen LogP contribution >= 0.6 is 0 Å². The molecule has 0 N–H and O–H groups in total. The van der Waals surface area contributed by atoms with Gasteiger partial charge in [-0.3, -0.25) is 4.98 Å². The van der Waals surface area contributed by atoms with Crippen LogP contribution in [0.15, 0.2) is 24.4 Å². The average molecular weight is 358 g/mol. The molecule has 0 aliphatic carbocycles. The van der Waals surface area contributed by atoms with Crippen LogP contribution in [0, 0.1) is 5.82 Å². The van der Waals surface area contributed by atoms with Crippen molar-refractivity contribution >= 4 is 0 Å². The van der Waals surface area contributed by atoms with E-state index in [1.165, 1.54) is 0 Å². The molecule has 0 amide bonds. The van der Waals surface area contributed by atoms with Crippen LogP contribution < -0.4 is 4.74 Å². The van der Waals surface area contributed by atoms with E-state index in [2.05, 4.69) is 14.7 Å². The van der Waals surface area contributed by atoms with Gasteiger partial charge in [-0.1, -0.05) is 0 Å². The number of rotatable bonds is 4. The van der Waals surface area contributed by atoms with Gasteiger partial charge in [0, 0.05) is 11.6 Å². The average Bonchev–Trinajstić information content (AvgIpc) is 2.45. The molecule has 0 aliphatic heterocycles. The SMILES string of the molecule is Fc1ccc(-c2cnc(C(F)F)c(C(F)(F)F)n2)c(OC(F)F)c1. The predicted molar refractivity (Wildman–Crippen MR) is 64.0 cm³/mol. The summed E-state index contributed by atoms with van der Waals surface area (Å²) in [5, 5.41) is 0. The summed E-state index contributed by atoms with van der Waals surface area (Å²) in [6.45, 7) is -3.39. The maximum atomic E-state index is 13.1. The number of benzene rings is 1. The molecule has 0 unspecified atom stereocenters. The van der Waals surface area contributed by atoms with Crippen LogP contribution in [-0.2, 0) is 6.18 Å². The second-order valence-corrected chi connectivity index (χ2v) is 4.31. The Bertz CT molecular complexity index is 732. The zero-order valence-corrected chi connectivity index (χ0v) is 11.3. The zero-order valence-electron chi connectivity index (χ0n) is 11.3. The van der Waals surface area contributed by atoms with Crippen LogP contribution in [0.3, 0.4) is 0 Å². The van der Waals surface area contributed by atoms with Gasteiger partial charge in [0.25, 0.3) is 6.43 Å². The van der Waals surface area contributed by atoms with Gasteiger partial charge in [0.05, 0.1) is 11.9 Å². The van der Waals surface area contributed by atoms with Crippen LogP contribution in [0.5, 0.6) is 5.75 Å². The van der Waals surface area contributed by atoms with Gasteiger partial charge in [-0.05, 0) is 12.1 Å². The van der Waals surface area contributed by atoms with E-state index in [9.17, 15) is 35.1 Å². The quantitative estimate of drug-likeness (QED) is 0.734. The van der Waals surface area contributed by atoms with E-state index < -0.39 is 53.4 Å². The fraction of sp³-hybridized carbons (Fsp3) is 0.231. The van der Waals surface area contributed by atoms with Crippen molar-refractivity contribution in [1.82, 2.24) is 9.97 Å². The highest BCUT2D eigenvalue weighted by atomic mass is 19.4. The highest BCUT2D eigenvalue weighted by molar-refractivity contribution is 5.66. The molecule has 0 fully saturated rings. The Morgan fingerprint density at radius 1 is 1.04 bits per heavy atom. The molecule has 0 saturated heterocycles. The Balaban J connectivity index is 2.62. The van der Waals surface area contributed by atoms with Gasteiger partial charge in [-0.15, -0.1) is 0 Å². The third kappa shape index (κ3) is 3.89. The molecule has 2 rings (SSSR count). The Hall–Kier alpha value is -2.46. The molecular formula is C13H6F8N2O. The molecular weight excluding hydrogens is 352 g/mol. The second-order valence-electron chi connectivity index (χ2n) is 4.31. The first kappa shape index (κ1) is 17.9. The maximum Gasteiger partial charge on any atom is 0.435 e. The summed E-state index contributed by atoms with van der Waals surface area (Å²) in [6, 6.07) is 2.07. The molecule has 0 bridgehead atoms. The Labute approximate surface area is 128 Å². The molecule has 0 atom stereocenters. The van der Waals surface area contributed by atoms with E-state index in [0.29, 0.717) is 12.3 Å². The van der Waals surface area contributed by atoms with E-state index in [1.54, 1.807) is 0 Å². The van der Waals surface area contributed by atoms with Gasteiger partial charge >= 0.3 is 12.8 Å². The number of ether oxygens (including phenoxy) is 1. The van der Waals surface area contributed by atoms with Crippen molar-refractivity contribution in [2.24, 2.45) is 0 Å². The molecule has 130 valence electrons. The first-order chi connectivity index (χ1) is 11.1. The summed E-state index contributed by atoms with van der Waals surface area (Å²) < 4.78 is 106. The first-order valence-corrected chi connectivity index (χ1v) is 6.06. The lowest BCUT2D eigenvalue weighted by Crippen LogP contribution is -2.15. The van der Waals surface area contributed by atoms with E-state index in [-0.39, 0.29) is 0 Å². The molecule has 0 saturated carbocycles. The van der Waals surface area contributed by atoms with Crippen molar-refractivity contribution in [2.45, 2.75) is 19.2 Å². The van der Waals surface area contributed by atoms with Crippen molar-refractivity contribution < 1.29 is 39.9 Å². The highest BCUT2D eigenvalue weighted by Gasteiger charge is 2.39. The Morgan fingerprint density at radius 3 is 2.25 bits per heavy atom. The third-order valence-corrected chi connectivity index (χ3v) is 2.71. The van der Waals surface area contributed by atoms with Crippen molar-refractivity contribution in [3.63, 3.8) is 0 Å². The summed E-state index contributed by atoms with van der Waals surface area (Å²) in [5.74, 6) is -1.81. The molecule has 0 aliphatic rings. The summed E-state index contributed by atoms with van der Waals surface area (Å²) >= 11 is 0. The van der Waals surface area contributed by atoms with Crippen LogP contribution in [0.25, 0.3) is 11.3 Å². The highest BCUT2D eigenvalue weighted by Crippen LogP contribution is 2.37. The summed E-state index contributed by atoms with van der Waals surface area (Å²) in [6.07, 6.45) is -8.27. The van der Waals surface area contributed by atoms with Gasteiger partial charge < -0.3 is 4.74 Å². The lowest BCUT2D eigenvalue weighted by atomic mass is 10.1. The van der Waals surface area contributed by atoms with Crippen LogP contribution in [-0.4, -0.2) is 16.6 Å². The van der Waals surface area contributed by atoms with E-state index in [1.807, 2.05) is 0 Å². The molecule has 1 heterocycles. The lowest BCUT2D eigenvalue weighted by molar-refractivity contribution is -0.143. The lowest BCUT2D eigenvalue weighted by Gasteiger charge is -2.14. The maximum absolute atomic E-state index is 13.1. The largest absolute Gasteiger partial charge is 0.435 e. The topological polar surface area (TPSA) is 35.0 Å². The van der Waals surface area contributed by atoms with Crippen molar-refractivity contribution in [3.05, 3.63) is 41.6 Å². The normalized spacial score (nSPS) is 12.1. The Kier molecular flexibility index (Phi) is 4.90. The number of halogens is 8. The minimum Gasteiger partial charge on any atom is -0.434 e. The molecule has 1 aromatic heterocycles. The monoisotopic (exact) mass is 358 g/mol. The summed E-state index contributed by atoms with van der Waals surface area (Å²) in [7, 11) is 0. The fourth-order valence-electron chi connectivity index (χ4n) is 1.80. The molecule has 0 spiro atoms. The summed E-state index contributed by atoms with van der Waals surface area (Å²) in [4.78, 5) is 6.01. The number of alkyl halides is 7. The minimum absolute atomic E-state index is 0.462. The molecule has 2 aromatic rings. The van der Waals surface area contributed by atoms with Gasteiger partial charge in [-0.2, -0.15) is 22.0 Å². The number of aromatic nitrogens is 2. The number of hydrogen-bond donors (Lipinski definition) is 0. The molecule has 0 radical (unpaired) electrons. The smallest absolute Gasteiger partial charge is 0.434 e. The van der Waals surface area contributed by atoms with E-state index in [4.69, 9.17) is 0 Å². The Morgan fingerprint density at radius 2 is 1.71 bits per heavy atom.